The van der Waals surface area contributed by atoms with Crippen LogP contribution in [0, 0.1) is 11.3 Å². The topological polar surface area (TPSA) is 283 Å². The largest absolute Gasteiger partial charge is 0.356 e. The third kappa shape index (κ3) is 21.1. The maximum absolute atomic E-state index is 13.2. The number of hydrogen-bond acceptors (Lipinski definition) is 16. The molecule has 1 aliphatic carbocycles. The molecule has 0 radical (unpaired) electrons. The molecule has 0 spiro atoms. The van der Waals surface area contributed by atoms with Crippen molar-refractivity contribution < 1.29 is 75.4 Å². The Kier molecular flexibility index (Phi) is 29.1. The second-order valence-corrected chi connectivity index (χ2v) is 26.7. The predicted octanol–water partition coefficient (Wildman–Crippen LogP) is 9.42. The molecule has 21 nitrogen and oxygen atoms in total. The van der Waals surface area contributed by atoms with Crippen molar-refractivity contribution in [2.24, 2.45) is 11.3 Å². The highest BCUT2D eigenvalue weighted by Gasteiger charge is 2.54. The number of amides is 5. The van der Waals surface area contributed by atoms with Gasteiger partial charge in [0.25, 0.3) is 10.1 Å². The fraction of sp³-hybridized carbons (Fsp3) is 0.667. The van der Waals surface area contributed by atoms with Crippen LogP contribution in [0.5, 0.6) is 0 Å². The number of fused-ring (bicyclic) bond motifs is 2. The van der Waals surface area contributed by atoms with Crippen molar-refractivity contribution in [2.75, 3.05) is 37.7 Å². The predicted molar refractivity (Wildman–Crippen MR) is 320 cm³/mol. The van der Waals surface area contributed by atoms with Crippen molar-refractivity contribution >= 4 is 91.9 Å². The smallest absolute Gasteiger partial charge is 0.315 e. The molecule has 2 fully saturated rings. The van der Waals surface area contributed by atoms with Crippen molar-refractivity contribution in [2.45, 2.75) is 197 Å². The van der Waals surface area contributed by atoms with E-state index in [1.807, 2.05) is 32.9 Å². The summed E-state index contributed by atoms with van der Waals surface area (Å²) in [6, 6.07) is 4.10. The van der Waals surface area contributed by atoms with Gasteiger partial charge < -0.3 is 26.6 Å². The quantitative estimate of drug-likeness (QED) is 0.00582. The molecule has 458 valence electrons. The first-order valence-electron chi connectivity index (χ1n) is 29.0. The van der Waals surface area contributed by atoms with Gasteiger partial charge in [-0.3, -0.25) is 23.7 Å². The van der Waals surface area contributed by atoms with Crippen LogP contribution in [0.1, 0.15) is 169 Å². The van der Waals surface area contributed by atoms with Crippen molar-refractivity contribution in [3.8, 4) is 0 Å². The third-order valence-electron chi connectivity index (χ3n) is 15.9. The average Bonchev–Trinajstić information content (AvgIpc) is 2.17. The van der Waals surface area contributed by atoms with Crippen LogP contribution in [-0.2, 0) is 53.5 Å². The highest BCUT2D eigenvalue weighted by Crippen LogP contribution is 2.49. The molecule has 3 aliphatic heterocycles. The molecule has 4 aliphatic rings. The Morgan fingerprint density at radius 2 is 1.50 bits per heavy atom. The molecule has 82 heavy (non-hydrogen) atoms. The summed E-state index contributed by atoms with van der Waals surface area (Å²) in [5.74, 6) is 0.748. The van der Waals surface area contributed by atoms with E-state index in [9.17, 15) is 36.9 Å². The number of carbonyl (C=O) groups is 5. The van der Waals surface area contributed by atoms with Crippen LogP contribution in [-0.4, -0.2) is 134 Å². The molecule has 3 heterocycles. The molecule has 25 heteroatoms. The molecule has 5 rings (SSSR count). The summed E-state index contributed by atoms with van der Waals surface area (Å²) < 4.78 is 48.3. The molecule has 8 N–H and O–H groups in total. The summed E-state index contributed by atoms with van der Waals surface area (Å²) >= 11 is 3.07. The first kappa shape index (κ1) is 68.6. The van der Waals surface area contributed by atoms with Gasteiger partial charge in [0.1, 0.15) is 13.1 Å². The third-order valence-corrected chi connectivity index (χ3v) is 19.4. The number of nitrogens with zero attached hydrogens (tertiary/aromatic N) is 2. The molecule has 1 aromatic carbocycles. The van der Waals surface area contributed by atoms with Crippen LogP contribution in [0.25, 0.3) is 0 Å². The van der Waals surface area contributed by atoms with Crippen LogP contribution < -0.4 is 26.6 Å². The summed E-state index contributed by atoms with van der Waals surface area (Å²) in [5, 5.41) is 39.2. The van der Waals surface area contributed by atoms with E-state index in [0.29, 0.717) is 82.0 Å². The van der Waals surface area contributed by atoms with Gasteiger partial charge in [-0.2, -0.15) is 13.0 Å². The van der Waals surface area contributed by atoms with Gasteiger partial charge in [0.2, 0.25) is 28.5 Å². The van der Waals surface area contributed by atoms with Crippen LogP contribution in [0.15, 0.2) is 59.2 Å². The molecule has 0 bridgehead atoms. The number of benzene rings is 1. The summed E-state index contributed by atoms with van der Waals surface area (Å²) in [6.45, 7) is 15.2. The number of unbranched alkanes of at least 4 members (excludes halogenated alkanes) is 7. The molecule has 1 saturated heterocycles. The van der Waals surface area contributed by atoms with Gasteiger partial charge >= 0.3 is 6.03 Å². The lowest BCUT2D eigenvalue weighted by molar-refractivity contribution is -0.476. The second kappa shape index (κ2) is 34.7. The number of rotatable bonds is 38. The molecule has 5 atom stereocenters. The lowest BCUT2D eigenvalue weighted by atomic mass is 9.71. The van der Waals surface area contributed by atoms with Gasteiger partial charge in [-0.25, -0.2) is 19.9 Å². The average molecular weight is 1220 g/mol. The van der Waals surface area contributed by atoms with Gasteiger partial charge in [-0.05, 0) is 124 Å². The number of thioether (sulfide) groups is 1. The molecule has 5 unspecified atom stereocenters. The fourth-order valence-electron chi connectivity index (χ4n) is 11.5. The number of carbonyl (C=O) groups excluding carboxylic acids is 5. The van der Waals surface area contributed by atoms with Gasteiger partial charge in [0, 0.05) is 116 Å². The maximum Gasteiger partial charge on any atom is 0.315 e. The van der Waals surface area contributed by atoms with Crippen molar-refractivity contribution in [1.29, 1.82) is 0 Å². The first-order valence-corrected chi connectivity index (χ1v) is 33.1. The lowest BCUT2D eigenvalue weighted by Gasteiger charge is -2.30. The Balaban J connectivity index is 1.05. The van der Waals surface area contributed by atoms with Crippen LogP contribution in [0.3, 0.4) is 0 Å². The van der Waals surface area contributed by atoms with Crippen molar-refractivity contribution in [3.63, 3.8) is 0 Å². The van der Waals surface area contributed by atoms with Gasteiger partial charge in [-0.1, -0.05) is 59.3 Å². The molecule has 1 saturated carbocycles. The van der Waals surface area contributed by atoms with Gasteiger partial charge in [-0.15, -0.1) is 8.67 Å². The van der Waals surface area contributed by atoms with Crippen LogP contribution in [0.2, 0.25) is 0 Å². The normalized spacial score (nSPS) is 21.0. The Labute approximate surface area is 497 Å². The van der Waals surface area contributed by atoms with E-state index in [4.69, 9.17) is 14.8 Å². The molecular formula is C57H89N7O14S4+2. The number of nitrogens with one attached hydrogen (secondary N) is 5. The van der Waals surface area contributed by atoms with E-state index < -0.39 is 21.6 Å². The molecule has 1 aromatic rings. The highest BCUT2D eigenvalue weighted by atomic mass is 32.2. The Morgan fingerprint density at radius 1 is 0.829 bits per heavy atom. The van der Waals surface area contributed by atoms with E-state index in [1.165, 1.54) is 29.5 Å². The first-order chi connectivity index (χ1) is 39.2. The van der Waals surface area contributed by atoms with E-state index in [1.54, 1.807) is 12.1 Å². The zero-order valence-corrected chi connectivity index (χ0v) is 51.8. The lowest BCUT2D eigenvalue weighted by Crippen LogP contribution is -2.40. The van der Waals surface area contributed by atoms with Gasteiger partial charge in [0.05, 0.1) is 33.7 Å². The minimum atomic E-state index is -4.43. The van der Waals surface area contributed by atoms with Crippen LogP contribution >= 0.6 is 35.8 Å². The van der Waals surface area contributed by atoms with Crippen molar-refractivity contribution in [3.05, 3.63) is 59.8 Å². The second-order valence-electron chi connectivity index (χ2n) is 22.4. The standard InChI is InChI=1S/C57H87N7O14S4/c1-7-63-47-31-29-41(81-78-76-71)38-43(47)56(3,4)49(63)24-13-9-14-25-50-57(5,6)44-39-42(82(72,73)74)30-32-48(44)64(50)35-21-11-17-27-52(66)59-34-20-18-23-46(54(68)79-36-37-80-77-75-70)61-53(67)28-16-10-19-33-58-51(65)26-15-8-12-22-45-40(2)60-55(69)62-45/h9,13-14,24-25,30,32,39-41,43,45-46H,7-8,10-12,15-23,26-29,31,33-38H2,1-6H3,(H6-2,58,59,60,61,62,65,66,67,69,70,71,72,73,74)/p+2. The Bertz CT molecular complexity index is 2590. The summed E-state index contributed by atoms with van der Waals surface area (Å²) in [7, 11) is -4.43. The van der Waals surface area contributed by atoms with E-state index >= 15 is 0 Å². The zero-order valence-electron chi connectivity index (χ0n) is 48.5. The minimum Gasteiger partial charge on any atom is -0.356 e. The zero-order chi connectivity index (χ0) is 59.7. The van der Waals surface area contributed by atoms with Crippen molar-refractivity contribution in [1.82, 2.24) is 26.6 Å². The number of urea groups is 1. The van der Waals surface area contributed by atoms with E-state index in [2.05, 4.69) is 89.1 Å². The highest BCUT2D eigenvalue weighted by molar-refractivity contribution is 8.14. The summed E-state index contributed by atoms with van der Waals surface area (Å²) in [6.07, 6.45) is 23.4. The van der Waals surface area contributed by atoms with E-state index in [-0.39, 0.29) is 62.9 Å². The summed E-state index contributed by atoms with van der Waals surface area (Å²) in [4.78, 5) is 62.8. The Morgan fingerprint density at radius 3 is 2.16 bits per heavy atom. The molecule has 0 aromatic heterocycles. The monoisotopic (exact) mass is 1220 g/mol. The molecular weight excluding hydrogens is 1130 g/mol. The molecule has 5 amide bonds. The number of hydrogen-bond donors (Lipinski definition) is 8. The SMILES string of the molecule is CC[N+]1=C2CCC(SOOO)CC2C(C)(C)C1=CC=CC=CC1=[N+](CCCCCC(=O)NCCCCC(NC(=O)CCCCCNC(=O)CCCCCC2NC(=O)NC2C)C(=O)SCCSOOO)c2ccc(S(=O)(=O)O)cc2C1(C)C. The van der Waals surface area contributed by atoms with Crippen LogP contribution in [0.4, 0.5) is 10.5 Å². The Hall–Kier alpha value is -4.15. The van der Waals surface area contributed by atoms with Gasteiger partial charge in [0.15, 0.2) is 17.1 Å². The minimum absolute atomic E-state index is 0.000457. The number of allylic oxidation sites excluding steroid dienone is 6. The maximum atomic E-state index is 13.2. The summed E-state index contributed by atoms with van der Waals surface area (Å²) in [5.41, 5.74) is 4.56. The fourth-order valence-corrected chi connectivity index (χ4v) is 14.0. The van der Waals surface area contributed by atoms with E-state index in [0.717, 1.165) is 118 Å².